The number of aromatic nitrogens is 5. The third kappa shape index (κ3) is 4.62. The molecule has 0 aliphatic carbocycles. The molecule has 0 unspecified atom stereocenters. The Balaban J connectivity index is 1.75. The molecule has 5 rings (SSSR count). The lowest BCUT2D eigenvalue weighted by Gasteiger charge is -2.26. The zero-order chi connectivity index (χ0) is 23.7. The summed E-state index contributed by atoms with van der Waals surface area (Å²) in [5.41, 5.74) is 3.46. The molecule has 10 heteroatoms. The summed E-state index contributed by atoms with van der Waals surface area (Å²) >= 11 is 16.3. The van der Waals surface area contributed by atoms with Gasteiger partial charge in [0.25, 0.3) is 5.91 Å². The number of nitrogens with zero attached hydrogens (tertiary/aromatic N) is 6. The second-order valence-corrected chi connectivity index (χ2v) is 9.90. The predicted octanol–water partition coefficient (Wildman–Crippen LogP) is 5.87. The minimum Gasteiger partial charge on any atom is -0.337 e. The van der Waals surface area contributed by atoms with Crippen LogP contribution in [0.5, 0.6) is 0 Å². The van der Waals surface area contributed by atoms with E-state index in [0.717, 1.165) is 53.6 Å². The van der Waals surface area contributed by atoms with Crippen LogP contribution >= 0.6 is 39.1 Å². The highest BCUT2D eigenvalue weighted by Gasteiger charge is 2.29. The van der Waals surface area contributed by atoms with Crippen LogP contribution in [0.4, 0.5) is 0 Å². The molecule has 34 heavy (non-hydrogen) atoms. The fourth-order valence-corrected chi connectivity index (χ4v) is 4.98. The zero-order valence-corrected chi connectivity index (χ0v) is 21.3. The van der Waals surface area contributed by atoms with Gasteiger partial charge in [-0.25, -0.2) is 14.3 Å². The van der Waals surface area contributed by atoms with E-state index in [1.807, 2.05) is 35.2 Å². The van der Waals surface area contributed by atoms with Crippen LogP contribution in [0.25, 0.3) is 16.9 Å². The number of piperidine rings is 1. The summed E-state index contributed by atoms with van der Waals surface area (Å²) in [5.74, 6) is -0.0861. The highest BCUT2D eigenvalue weighted by molar-refractivity contribution is 9.10. The van der Waals surface area contributed by atoms with Gasteiger partial charge in [0.2, 0.25) is 0 Å². The Morgan fingerprint density at radius 1 is 1.03 bits per heavy atom. The van der Waals surface area contributed by atoms with E-state index >= 15 is 0 Å². The summed E-state index contributed by atoms with van der Waals surface area (Å²) in [6.45, 7) is 1.79. The first-order chi connectivity index (χ1) is 16.5. The highest BCUT2D eigenvalue weighted by atomic mass is 79.9. The van der Waals surface area contributed by atoms with Crippen LogP contribution in [0.3, 0.4) is 0 Å². The number of halogens is 3. The maximum absolute atomic E-state index is 13.7. The van der Waals surface area contributed by atoms with Gasteiger partial charge in [0.1, 0.15) is 12.7 Å². The molecule has 0 spiro atoms. The van der Waals surface area contributed by atoms with E-state index < -0.39 is 0 Å². The lowest BCUT2D eigenvalue weighted by atomic mass is 10.0. The van der Waals surface area contributed by atoms with Gasteiger partial charge in [0.15, 0.2) is 5.69 Å². The maximum atomic E-state index is 13.7. The Bertz CT molecular complexity index is 1310. The molecule has 174 valence electrons. The molecule has 1 saturated heterocycles. The van der Waals surface area contributed by atoms with Crippen molar-refractivity contribution in [3.05, 3.63) is 80.9 Å². The van der Waals surface area contributed by atoms with Crippen molar-refractivity contribution < 1.29 is 4.79 Å². The quantitative estimate of drug-likeness (QED) is 0.306. The minimum absolute atomic E-state index is 0.0861. The topological polar surface area (TPSA) is 68.8 Å². The van der Waals surface area contributed by atoms with Crippen LogP contribution < -0.4 is 0 Å². The van der Waals surface area contributed by atoms with Crippen molar-refractivity contribution in [2.75, 3.05) is 13.1 Å². The molecule has 3 heterocycles. The number of likely N-dealkylation sites (tertiary alicyclic amines) is 1. The Morgan fingerprint density at radius 3 is 2.47 bits per heavy atom. The lowest BCUT2D eigenvalue weighted by molar-refractivity contribution is 0.0716. The average Bonchev–Trinajstić information content (AvgIpc) is 3.48. The van der Waals surface area contributed by atoms with Crippen molar-refractivity contribution in [1.82, 2.24) is 29.4 Å². The second-order valence-electron chi connectivity index (χ2n) is 8.14. The van der Waals surface area contributed by atoms with Gasteiger partial charge in [0, 0.05) is 33.7 Å². The Morgan fingerprint density at radius 2 is 1.79 bits per heavy atom. The van der Waals surface area contributed by atoms with E-state index in [4.69, 9.17) is 28.3 Å². The molecule has 2 aromatic carbocycles. The third-order valence-corrected chi connectivity index (χ3v) is 6.94. The van der Waals surface area contributed by atoms with Gasteiger partial charge in [-0.15, -0.1) is 0 Å². The van der Waals surface area contributed by atoms with E-state index in [-0.39, 0.29) is 5.91 Å². The summed E-state index contributed by atoms with van der Waals surface area (Å²) in [4.78, 5) is 19.7. The van der Waals surface area contributed by atoms with Crippen LogP contribution in [0.15, 0.2) is 59.6 Å². The van der Waals surface area contributed by atoms with E-state index in [1.165, 1.54) is 6.33 Å². The second kappa shape index (κ2) is 9.90. The van der Waals surface area contributed by atoms with Crippen molar-refractivity contribution >= 4 is 45.0 Å². The summed E-state index contributed by atoms with van der Waals surface area (Å²) in [5, 5.41) is 10.1. The third-order valence-electron chi connectivity index (χ3n) is 5.87. The fourth-order valence-electron chi connectivity index (χ4n) is 4.23. The van der Waals surface area contributed by atoms with Gasteiger partial charge >= 0.3 is 0 Å². The standard InChI is InChI=1S/C24H21BrCl2N6O/c25-17-6-4-16(5-7-17)23-19(13-32-15-28-14-29-32)22(24(34)31-10-2-1-3-11-31)30-33(23)21-9-8-18(26)12-20(21)27/h4-9,12,14-15H,1-3,10-11,13H2. The van der Waals surface area contributed by atoms with Crippen LogP contribution in [0, 0.1) is 0 Å². The minimum atomic E-state index is -0.0861. The van der Waals surface area contributed by atoms with Gasteiger partial charge in [-0.3, -0.25) is 4.79 Å². The van der Waals surface area contributed by atoms with Crippen LogP contribution in [0.2, 0.25) is 10.0 Å². The number of amides is 1. The number of hydrogen-bond donors (Lipinski definition) is 0. The molecule has 0 atom stereocenters. The first-order valence-electron chi connectivity index (χ1n) is 11.0. The lowest BCUT2D eigenvalue weighted by Crippen LogP contribution is -2.36. The molecule has 4 aromatic rings. The van der Waals surface area contributed by atoms with Gasteiger partial charge in [-0.05, 0) is 49.6 Å². The summed E-state index contributed by atoms with van der Waals surface area (Å²) in [6.07, 6.45) is 6.23. The number of rotatable bonds is 5. The summed E-state index contributed by atoms with van der Waals surface area (Å²) < 4.78 is 4.39. The largest absolute Gasteiger partial charge is 0.337 e. The SMILES string of the molecule is O=C(c1nn(-c2ccc(Cl)cc2Cl)c(-c2ccc(Br)cc2)c1Cn1cncn1)N1CCCCC1. The Kier molecular flexibility index (Phi) is 6.72. The molecule has 0 radical (unpaired) electrons. The molecule has 0 bridgehead atoms. The molecule has 1 aliphatic rings. The van der Waals surface area contributed by atoms with Gasteiger partial charge in [-0.2, -0.15) is 10.2 Å². The van der Waals surface area contributed by atoms with Gasteiger partial charge in [0.05, 0.1) is 22.9 Å². The molecule has 1 aliphatic heterocycles. The molecule has 1 fully saturated rings. The predicted molar refractivity (Wildman–Crippen MR) is 136 cm³/mol. The summed E-state index contributed by atoms with van der Waals surface area (Å²) in [6, 6.07) is 13.1. The monoisotopic (exact) mass is 558 g/mol. The van der Waals surface area contributed by atoms with Crippen molar-refractivity contribution in [3.63, 3.8) is 0 Å². The first-order valence-corrected chi connectivity index (χ1v) is 12.5. The van der Waals surface area contributed by atoms with Crippen molar-refractivity contribution in [2.24, 2.45) is 0 Å². The van der Waals surface area contributed by atoms with E-state index in [2.05, 4.69) is 26.0 Å². The van der Waals surface area contributed by atoms with Crippen molar-refractivity contribution in [3.8, 4) is 16.9 Å². The zero-order valence-electron chi connectivity index (χ0n) is 18.2. The molecular weight excluding hydrogens is 539 g/mol. The van der Waals surface area contributed by atoms with Crippen molar-refractivity contribution in [1.29, 1.82) is 0 Å². The van der Waals surface area contributed by atoms with Crippen LogP contribution in [-0.4, -0.2) is 48.4 Å². The Hall–Kier alpha value is -2.68. The maximum Gasteiger partial charge on any atom is 0.274 e. The van der Waals surface area contributed by atoms with E-state index in [9.17, 15) is 4.79 Å². The number of hydrogen-bond acceptors (Lipinski definition) is 4. The highest BCUT2D eigenvalue weighted by Crippen LogP contribution is 2.34. The van der Waals surface area contributed by atoms with Crippen LogP contribution in [-0.2, 0) is 6.54 Å². The summed E-state index contributed by atoms with van der Waals surface area (Å²) in [7, 11) is 0. The molecule has 2 aromatic heterocycles. The normalized spacial score (nSPS) is 13.9. The molecule has 0 N–H and O–H groups in total. The van der Waals surface area contributed by atoms with E-state index in [0.29, 0.717) is 28.0 Å². The Labute approximate surface area is 215 Å². The number of carbonyl (C=O) groups is 1. The smallest absolute Gasteiger partial charge is 0.274 e. The molecule has 0 saturated carbocycles. The van der Waals surface area contributed by atoms with Crippen LogP contribution in [0.1, 0.15) is 35.3 Å². The molecule has 1 amide bonds. The average molecular weight is 560 g/mol. The fraction of sp³-hybridized carbons (Fsp3) is 0.250. The van der Waals surface area contributed by atoms with Crippen molar-refractivity contribution in [2.45, 2.75) is 25.8 Å². The van der Waals surface area contributed by atoms with E-state index in [1.54, 1.807) is 27.8 Å². The first kappa shape index (κ1) is 23.1. The van der Waals surface area contributed by atoms with Gasteiger partial charge < -0.3 is 4.90 Å². The van der Waals surface area contributed by atoms with Gasteiger partial charge in [-0.1, -0.05) is 51.3 Å². The molecule has 7 nitrogen and oxygen atoms in total. The number of benzene rings is 2. The molecular formula is C24H21BrCl2N6O. The number of carbonyl (C=O) groups excluding carboxylic acids is 1.